The third kappa shape index (κ3) is 4.68. The van der Waals surface area contributed by atoms with E-state index in [1.807, 2.05) is 0 Å². The number of rotatable bonds is 2. The third-order valence-electron chi connectivity index (χ3n) is 7.51. The number of nitrogens with two attached hydrogens (primary N) is 1. The van der Waals surface area contributed by atoms with Gasteiger partial charge in [-0.25, -0.2) is 0 Å². The lowest BCUT2D eigenvalue weighted by Gasteiger charge is -2.17. The molecule has 0 saturated heterocycles. The quantitative estimate of drug-likeness (QED) is 0.285. The van der Waals surface area contributed by atoms with Gasteiger partial charge in [0.25, 0.3) is 0 Å². The zero-order chi connectivity index (χ0) is 23.7. The molecule has 34 heavy (non-hydrogen) atoms. The maximum absolute atomic E-state index is 8.90. The summed E-state index contributed by atoms with van der Waals surface area (Å²) >= 11 is 11.5. The molecule has 6 rings (SSSR count). The number of hydrogen-bond donors (Lipinski definition) is 3. The van der Waals surface area contributed by atoms with Gasteiger partial charge in [-0.3, -0.25) is 0 Å². The average Bonchev–Trinajstić information content (AvgIpc) is 3.59. The molecule has 4 aliphatic rings. The van der Waals surface area contributed by atoms with E-state index in [1.165, 1.54) is 131 Å². The zero-order valence-electron chi connectivity index (χ0n) is 19.4. The lowest BCUT2D eigenvalue weighted by Crippen LogP contribution is -2.38. The summed E-state index contributed by atoms with van der Waals surface area (Å²) in [6.45, 7) is 0. The van der Waals surface area contributed by atoms with Gasteiger partial charge in [-0.15, -0.1) is 0 Å². The predicted octanol–water partition coefficient (Wildman–Crippen LogP) is 5.43. The Morgan fingerprint density at radius 3 is 1.65 bits per heavy atom. The number of thioether (sulfide) groups is 1. The van der Waals surface area contributed by atoms with E-state index in [-0.39, 0.29) is 5.11 Å². The molecule has 2 aromatic rings. The monoisotopic (exact) mass is 506 g/mol. The van der Waals surface area contributed by atoms with Crippen LogP contribution in [0.5, 0.6) is 0 Å². The molecule has 4 N–H and O–H groups in total. The minimum absolute atomic E-state index is 0.210. The van der Waals surface area contributed by atoms with Gasteiger partial charge < -0.3 is 16.4 Å². The van der Waals surface area contributed by atoms with Crippen molar-refractivity contribution >= 4 is 52.1 Å². The number of benzene rings is 2. The van der Waals surface area contributed by atoms with Crippen molar-refractivity contribution in [3.63, 3.8) is 0 Å². The number of aryl methyl sites for hydroxylation is 4. The highest BCUT2D eigenvalue weighted by Crippen LogP contribution is 2.40. The Bertz CT molecular complexity index is 1150. The number of nitrogens with zero attached hydrogens (tertiary/aromatic N) is 1. The van der Waals surface area contributed by atoms with Gasteiger partial charge in [0.2, 0.25) is 0 Å². The minimum Gasteiger partial charge on any atom is -0.376 e. The molecule has 0 unspecified atom stereocenters. The highest BCUT2D eigenvalue weighted by Gasteiger charge is 2.25. The van der Waals surface area contributed by atoms with Crippen molar-refractivity contribution in [2.24, 2.45) is 5.73 Å². The summed E-state index contributed by atoms with van der Waals surface area (Å²) in [5.41, 5.74) is 18.6. The van der Waals surface area contributed by atoms with Crippen LogP contribution in [-0.2, 0) is 51.4 Å². The number of anilines is 1. The summed E-state index contributed by atoms with van der Waals surface area (Å²) in [5, 5.41) is 18.0. The molecule has 176 valence electrons. The normalized spacial score (nSPS) is 16.4. The zero-order valence-corrected chi connectivity index (χ0v) is 21.8. The molecule has 0 fully saturated rings. The van der Waals surface area contributed by atoms with Crippen LogP contribution in [0, 0.1) is 10.7 Å². The maximum Gasteiger partial charge on any atom is 0.177 e. The number of fused-ring (bicyclic) bond motifs is 4. The number of thiocarbonyl (C=S) groups is 2. The molecular formula is C27H30N4S3. The number of nitriles is 1. The van der Waals surface area contributed by atoms with Gasteiger partial charge in [-0.05, 0) is 158 Å². The molecule has 0 saturated carbocycles. The van der Waals surface area contributed by atoms with Crippen LogP contribution in [0.15, 0.2) is 17.0 Å². The summed E-state index contributed by atoms with van der Waals surface area (Å²) in [7, 11) is 0. The van der Waals surface area contributed by atoms with Crippen molar-refractivity contribution in [1.82, 2.24) is 5.32 Å². The summed E-state index contributed by atoms with van der Waals surface area (Å²) in [5.74, 6) is 0. The molecule has 4 nitrogen and oxygen atoms in total. The predicted molar refractivity (Wildman–Crippen MR) is 149 cm³/mol. The van der Waals surface area contributed by atoms with Gasteiger partial charge >= 0.3 is 0 Å². The molecular weight excluding hydrogens is 477 g/mol. The van der Waals surface area contributed by atoms with Crippen LogP contribution < -0.4 is 16.4 Å². The minimum atomic E-state index is 0.210. The molecule has 0 heterocycles. The molecule has 0 radical (unpaired) electrons. The van der Waals surface area contributed by atoms with Crippen molar-refractivity contribution < 1.29 is 0 Å². The summed E-state index contributed by atoms with van der Waals surface area (Å²) in [4.78, 5) is 1.32. The van der Waals surface area contributed by atoms with Crippen LogP contribution in [-0.4, -0.2) is 10.2 Å². The van der Waals surface area contributed by atoms with Crippen LogP contribution >= 0.6 is 36.2 Å². The fourth-order valence-electron chi connectivity index (χ4n) is 6.16. The second-order valence-corrected chi connectivity index (χ2v) is 11.2. The van der Waals surface area contributed by atoms with Gasteiger partial charge in [0, 0.05) is 10.6 Å². The Hall–Kier alpha value is -2.14. The summed E-state index contributed by atoms with van der Waals surface area (Å²) in [6, 6.07) is 4.81. The maximum atomic E-state index is 8.90. The topological polar surface area (TPSA) is 73.9 Å². The SMILES string of the molecule is N#CSc1c2c(cc3c1CCC3)CCC2.NC(=S)NC(=S)Nc1c2c(cc3c1CCC3)CCC2. The van der Waals surface area contributed by atoms with E-state index in [0.717, 1.165) is 12.8 Å². The van der Waals surface area contributed by atoms with E-state index in [9.17, 15) is 0 Å². The largest absolute Gasteiger partial charge is 0.376 e. The highest BCUT2D eigenvalue weighted by molar-refractivity contribution is 8.03. The Morgan fingerprint density at radius 2 is 1.21 bits per heavy atom. The Kier molecular flexibility index (Phi) is 7.10. The van der Waals surface area contributed by atoms with E-state index in [2.05, 4.69) is 28.2 Å². The molecule has 0 spiro atoms. The Morgan fingerprint density at radius 1 is 0.765 bits per heavy atom. The number of hydrogen-bond acceptors (Lipinski definition) is 4. The fraction of sp³-hybridized carbons (Fsp3) is 0.444. The van der Waals surface area contributed by atoms with Gasteiger partial charge in [-0.2, -0.15) is 5.26 Å². The molecule has 0 aromatic heterocycles. The van der Waals surface area contributed by atoms with Gasteiger partial charge in [0.1, 0.15) is 5.40 Å². The average molecular weight is 507 g/mol. The second kappa shape index (κ2) is 10.2. The molecule has 0 aliphatic heterocycles. The van der Waals surface area contributed by atoms with Crippen LogP contribution in [0.3, 0.4) is 0 Å². The van der Waals surface area contributed by atoms with Gasteiger partial charge in [0.15, 0.2) is 10.2 Å². The Balaban J connectivity index is 0.000000145. The standard InChI is InChI=1S/C14H17N3S2.C13H13NS/c15-13(18)17-14(19)16-12-10-5-1-3-8(10)7-9-4-2-6-11(9)12;14-8-15-13-11-5-1-3-9(11)7-10-4-2-6-12(10)13/h7H,1-6H2,(H4,15,16,17,18,19);7H,1-6H2. The van der Waals surface area contributed by atoms with E-state index in [1.54, 1.807) is 0 Å². The molecule has 0 atom stereocenters. The van der Waals surface area contributed by atoms with Crippen LogP contribution in [0.25, 0.3) is 0 Å². The lowest BCUT2D eigenvalue weighted by atomic mass is 9.99. The summed E-state index contributed by atoms with van der Waals surface area (Å²) < 4.78 is 0. The van der Waals surface area contributed by atoms with Crippen molar-refractivity contribution in [3.8, 4) is 5.40 Å². The third-order valence-corrected chi connectivity index (χ3v) is 8.61. The first-order valence-corrected chi connectivity index (χ1v) is 13.9. The lowest BCUT2D eigenvalue weighted by molar-refractivity contribution is 0.886. The molecule has 0 amide bonds. The summed E-state index contributed by atoms with van der Waals surface area (Å²) in [6.07, 6.45) is 14.5. The number of thiocyanates is 1. The van der Waals surface area contributed by atoms with E-state index < -0.39 is 0 Å². The van der Waals surface area contributed by atoms with Crippen molar-refractivity contribution in [2.75, 3.05) is 5.32 Å². The first-order valence-electron chi connectivity index (χ1n) is 12.3. The smallest absolute Gasteiger partial charge is 0.177 e. The van der Waals surface area contributed by atoms with Gasteiger partial charge in [-0.1, -0.05) is 12.1 Å². The Labute approximate surface area is 217 Å². The van der Waals surface area contributed by atoms with Crippen LogP contribution in [0.4, 0.5) is 5.69 Å². The molecule has 7 heteroatoms. The van der Waals surface area contributed by atoms with Crippen molar-refractivity contribution in [2.45, 2.75) is 81.9 Å². The van der Waals surface area contributed by atoms with Crippen molar-refractivity contribution in [1.29, 1.82) is 5.26 Å². The fourth-order valence-corrected chi connectivity index (χ4v) is 7.34. The van der Waals surface area contributed by atoms with Crippen molar-refractivity contribution in [3.05, 3.63) is 56.6 Å². The van der Waals surface area contributed by atoms with E-state index in [0.29, 0.717) is 5.11 Å². The molecule has 4 aliphatic carbocycles. The number of nitrogens with one attached hydrogen (secondary N) is 2. The second-order valence-electron chi connectivity index (χ2n) is 9.56. The van der Waals surface area contributed by atoms with Crippen LogP contribution in [0.1, 0.15) is 70.2 Å². The van der Waals surface area contributed by atoms with E-state index in [4.69, 9.17) is 35.4 Å². The van der Waals surface area contributed by atoms with Crippen LogP contribution in [0.2, 0.25) is 0 Å². The molecule has 2 aromatic carbocycles. The van der Waals surface area contributed by atoms with E-state index >= 15 is 0 Å². The highest BCUT2D eigenvalue weighted by atomic mass is 32.2. The first kappa shape index (κ1) is 23.6. The first-order chi connectivity index (χ1) is 16.5. The van der Waals surface area contributed by atoms with Gasteiger partial charge in [0.05, 0.1) is 0 Å². The molecule has 0 bridgehead atoms.